The third kappa shape index (κ3) is 2.20. The van der Waals surface area contributed by atoms with Gasteiger partial charge in [-0.1, -0.05) is 0 Å². The van der Waals surface area contributed by atoms with Gasteiger partial charge < -0.3 is 10.5 Å². The Morgan fingerprint density at radius 2 is 2.54 bits per heavy atom. The van der Waals surface area contributed by atoms with E-state index in [1.54, 1.807) is 0 Å². The summed E-state index contributed by atoms with van der Waals surface area (Å²) in [5.41, 5.74) is 7.52. The summed E-state index contributed by atoms with van der Waals surface area (Å²) in [6.07, 6.45) is 5.46. The summed E-state index contributed by atoms with van der Waals surface area (Å²) in [4.78, 5) is 0. The molecule has 2 unspecified atom stereocenters. The van der Waals surface area contributed by atoms with Crippen LogP contribution in [0.1, 0.15) is 19.3 Å². The number of hydrogen-bond acceptors (Lipinski definition) is 3. The van der Waals surface area contributed by atoms with Gasteiger partial charge in [-0.3, -0.25) is 0 Å². The molecule has 0 bridgehead atoms. The monoisotopic (exact) mass is 199 g/mol. The quantitative estimate of drug-likeness (QED) is 0.736. The van der Waals surface area contributed by atoms with Crippen LogP contribution in [0, 0.1) is 5.92 Å². The highest BCUT2D eigenvalue weighted by Crippen LogP contribution is 2.30. The summed E-state index contributed by atoms with van der Waals surface area (Å²) in [7, 11) is 0. The van der Waals surface area contributed by atoms with Crippen LogP contribution in [0.3, 0.4) is 0 Å². The molecule has 0 radical (unpaired) electrons. The minimum absolute atomic E-state index is 0.260. The molecule has 0 saturated carbocycles. The molecule has 2 heterocycles. The Morgan fingerprint density at radius 1 is 1.62 bits per heavy atom. The summed E-state index contributed by atoms with van der Waals surface area (Å²) in [6.45, 7) is 0.871. The fraction of sp³-hybridized carbons (Fsp3) is 0.800. The number of nitrogens with two attached hydrogens (primary N) is 1. The van der Waals surface area contributed by atoms with Gasteiger partial charge in [-0.25, -0.2) is 0 Å². The molecule has 2 atom stereocenters. The maximum absolute atomic E-state index is 6.19. The first-order chi connectivity index (χ1) is 6.38. The molecule has 13 heavy (non-hydrogen) atoms. The van der Waals surface area contributed by atoms with Crippen molar-refractivity contribution in [2.24, 2.45) is 11.7 Å². The van der Waals surface area contributed by atoms with Crippen LogP contribution in [-0.4, -0.2) is 24.2 Å². The van der Waals surface area contributed by atoms with Crippen LogP contribution >= 0.6 is 11.8 Å². The van der Waals surface area contributed by atoms with Crippen molar-refractivity contribution < 1.29 is 4.74 Å². The van der Waals surface area contributed by atoms with Crippen molar-refractivity contribution in [3.63, 3.8) is 0 Å². The van der Waals surface area contributed by atoms with Crippen molar-refractivity contribution in [1.82, 2.24) is 0 Å². The first-order valence-electron chi connectivity index (χ1n) is 5.02. The van der Waals surface area contributed by atoms with Crippen LogP contribution in [0.2, 0.25) is 0 Å². The first-order valence-corrected chi connectivity index (χ1v) is 6.17. The second kappa shape index (κ2) is 4.38. The third-order valence-corrected chi connectivity index (χ3v) is 4.05. The Hall–Kier alpha value is -0.150. The molecule has 1 fully saturated rings. The molecule has 0 aromatic heterocycles. The summed E-state index contributed by atoms with van der Waals surface area (Å²) in [5.74, 6) is 3.21. The Balaban J connectivity index is 1.94. The van der Waals surface area contributed by atoms with E-state index in [2.05, 4.69) is 0 Å². The molecule has 0 aromatic rings. The molecule has 1 saturated heterocycles. The highest BCUT2D eigenvalue weighted by atomic mass is 32.2. The minimum Gasteiger partial charge on any atom is -0.501 e. The van der Waals surface area contributed by atoms with Crippen LogP contribution < -0.4 is 5.73 Å². The molecular formula is C10H17NOS. The maximum Gasteiger partial charge on any atom is 0.0876 e. The van der Waals surface area contributed by atoms with Gasteiger partial charge in [0.05, 0.1) is 12.9 Å². The van der Waals surface area contributed by atoms with Crippen LogP contribution in [0.25, 0.3) is 0 Å². The predicted molar refractivity (Wildman–Crippen MR) is 56.7 cm³/mol. The zero-order chi connectivity index (χ0) is 9.10. The third-order valence-electron chi connectivity index (χ3n) is 2.86. The molecule has 0 amide bonds. The van der Waals surface area contributed by atoms with E-state index in [1.165, 1.54) is 23.5 Å². The molecular weight excluding hydrogens is 182 g/mol. The number of ether oxygens (including phenoxy) is 1. The average Bonchev–Trinajstić information content (AvgIpc) is 2.71. The van der Waals surface area contributed by atoms with E-state index in [4.69, 9.17) is 10.5 Å². The molecule has 2 aliphatic heterocycles. The van der Waals surface area contributed by atoms with Crippen LogP contribution in [0.5, 0.6) is 0 Å². The lowest BCUT2D eigenvalue weighted by Crippen LogP contribution is -2.33. The van der Waals surface area contributed by atoms with Gasteiger partial charge in [0.25, 0.3) is 0 Å². The fourth-order valence-electron chi connectivity index (χ4n) is 1.97. The molecule has 74 valence electrons. The molecule has 2 rings (SSSR count). The van der Waals surface area contributed by atoms with Gasteiger partial charge in [0, 0.05) is 6.04 Å². The molecule has 2 N–H and O–H groups in total. The zero-order valence-electron chi connectivity index (χ0n) is 7.87. The van der Waals surface area contributed by atoms with Gasteiger partial charge in [-0.05, 0) is 42.3 Å². The van der Waals surface area contributed by atoms with Gasteiger partial charge in [0.15, 0.2) is 0 Å². The van der Waals surface area contributed by atoms with Crippen molar-refractivity contribution in [3.8, 4) is 0 Å². The summed E-state index contributed by atoms with van der Waals surface area (Å²) in [5, 5.41) is 0. The Labute approximate surface area is 83.9 Å². The topological polar surface area (TPSA) is 35.2 Å². The minimum atomic E-state index is 0.260. The largest absolute Gasteiger partial charge is 0.501 e. The lowest BCUT2D eigenvalue weighted by Gasteiger charge is -2.24. The summed E-state index contributed by atoms with van der Waals surface area (Å²) in [6, 6.07) is 0.260. The Bertz CT molecular complexity index is 199. The van der Waals surface area contributed by atoms with E-state index in [1.807, 2.05) is 18.0 Å². The molecule has 2 nitrogen and oxygen atoms in total. The Kier molecular flexibility index (Phi) is 3.17. The van der Waals surface area contributed by atoms with Crippen molar-refractivity contribution in [2.75, 3.05) is 18.1 Å². The molecule has 0 aliphatic carbocycles. The number of hydrogen-bond donors (Lipinski definition) is 1. The molecule has 3 heteroatoms. The van der Waals surface area contributed by atoms with E-state index in [9.17, 15) is 0 Å². The van der Waals surface area contributed by atoms with E-state index >= 15 is 0 Å². The van der Waals surface area contributed by atoms with E-state index < -0.39 is 0 Å². The molecule has 0 aromatic carbocycles. The smallest absolute Gasteiger partial charge is 0.0876 e. The normalized spacial score (nSPS) is 30.8. The number of thioether (sulfide) groups is 1. The second-order valence-corrected chi connectivity index (χ2v) is 4.97. The maximum atomic E-state index is 6.19. The van der Waals surface area contributed by atoms with E-state index in [-0.39, 0.29) is 6.04 Å². The van der Waals surface area contributed by atoms with Crippen molar-refractivity contribution in [2.45, 2.75) is 25.3 Å². The van der Waals surface area contributed by atoms with Gasteiger partial charge in [-0.15, -0.1) is 0 Å². The van der Waals surface area contributed by atoms with Crippen LogP contribution in [0.15, 0.2) is 11.8 Å². The Morgan fingerprint density at radius 3 is 3.15 bits per heavy atom. The average molecular weight is 199 g/mol. The lowest BCUT2D eigenvalue weighted by atomic mass is 9.91. The predicted octanol–water partition coefficient (Wildman–Crippen LogP) is 1.76. The van der Waals surface area contributed by atoms with E-state index in [0.717, 1.165) is 19.4 Å². The SMILES string of the molecule is NC(C1=COCCC1)C1CCSC1. The first kappa shape index (κ1) is 9.41. The van der Waals surface area contributed by atoms with Crippen LogP contribution in [-0.2, 0) is 4.74 Å². The summed E-state index contributed by atoms with van der Waals surface area (Å²) < 4.78 is 5.31. The van der Waals surface area contributed by atoms with Crippen LogP contribution in [0.4, 0.5) is 0 Å². The van der Waals surface area contributed by atoms with Crippen molar-refractivity contribution in [3.05, 3.63) is 11.8 Å². The van der Waals surface area contributed by atoms with Gasteiger partial charge >= 0.3 is 0 Å². The lowest BCUT2D eigenvalue weighted by molar-refractivity contribution is 0.218. The van der Waals surface area contributed by atoms with Gasteiger partial charge in [-0.2, -0.15) is 11.8 Å². The highest BCUT2D eigenvalue weighted by Gasteiger charge is 2.25. The second-order valence-electron chi connectivity index (χ2n) is 3.82. The molecule has 2 aliphatic rings. The fourth-order valence-corrected chi connectivity index (χ4v) is 3.28. The standard InChI is InChI=1S/C10H17NOS/c11-10(9-3-5-13-7-9)8-2-1-4-12-6-8/h6,9-10H,1-5,7,11H2. The van der Waals surface area contributed by atoms with Gasteiger partial charge in [0.1, 0.15) is 0 Å². The van der Waals surface area contributed by atoms with E-state index in [0.29, 0.717) is 5.92 Å². The summed E-state index contributed by atoms with van der Waals surface area (Å²) >= 11 is 2.03. The van der Waals surface area contributed by atoms with Crippen molar-refractivity contribution >= 4 is 11.8 Å². The highest BCUT2D eigenvalue weighted by molar-refractivity contribution is 7.99. The van der Waals surface area contributed by atoms with Crippen molar-refractivity contribution in [1.29, 1.82) is 0 Å². The van der Waals surface area contributed by atoms with Gasteiger partial charge in [0.2, 0.25) is 0 Å². The number of rotatable bonds is 2. The molecule has 0 spiro atoms. The zero-order valence-corrected chi connectivity index (χ0v) is 8.69.